The second-order valence-corrected chi connectivity index (χ2v) is 7.06. The number of carboxylic acid groups (broad SMARTS) is 2. The highest BCUT2D eigenvalue weighted by atomic mass is 16.4. The molecular weight excluding hydrogens is 244 g/mol. The zero-order valence-corrected chi connectivity index (χ0v) is 12.4. The molecule has 2 atom stereocenters. The summed E-state index contributed by atoms with van der Waals surface area (Å²) in [7, 11) is 0. The molecule has 108 valence electrons. The van der Waals surface area contributed by atoms with Crippen LogP contribution < -0.4 is 0 Å². The molecule has 4 nitrogen and oxygen atoms in total. The molecule has 0 aromatic carbocycles. The minimum atomic E-state index is -0.757. The van der Waals surface area contributed by atoms with E-state index in [0.29, 0.717) is 11.5 Å². The lowest BCUT2D eigenvalue weighted by Gasteiger charge is -2.55. The van der Waals surface area contributed by atoms with Crippen molar-refractivity contribution < 1.29 is 19.8 Å². The van der Waals surface area contributed by atoms with Crippen LogP contribution in [0.4, 0.5) is 0 Å². The lowest BCUT2D eigenvalue weighted by atomic mass is 9.49. The molecule has 2 unspecified atom stereocenters. The molecule has 0 spiro atoms. The number of rotatable bonds is 1. The summed E-state index contributed by atoms with van der Waals surface area (Å²) in [5.74, 6) is -0.432. The van der Waals surface area contributed by atoms with Gasteiger partial charge in [0.05, 0.1) is 5.41 Å². The van der Waals surface area contributed by atoms with E-state index in [2.05, 4.69) is 13.8 Å². The highest BCUT2D eigenvalue weighted by Gasteiger charge is 2.52. The second kappa shape index (κ2) is 4.99. The average molecular weight is 268 g/mol. The third-order valence-electron chi connectivity index (χ3n) is 4.36. The summed E-state index contributed by atoms with van der Waals surface area (Å²) in [6, 6.07) is 0. The monoisotopic (exact) mass is 268 g/mol. The fourth-order valence-corrected chi connectivity index (χ4v) is 2.59. The summed E-state index contributed by atoms with van der Waals surface area (Å²) >= 11 is 0. The number of hydrogen-bond donors (Lipinski definition) is 2. The van der Waals surface area contributed by atoms with Crippen LogP contribution in [0.25, 0.3) is 0 Å². The van der Waals surface area contributed by atoms with Gasteiger partial charge in [0.2, 0.25) is 0 Å². The Bertz CT molecular complexity index is 412. The van der Waals surface area contributed by atoms with E-state index in [0.717, 1.165) is 18.8 Å². The Kier molecular flexibility index (Phi) is 4.13. The quantitative estimate of drug-likeness (QED) is 0.766. The van der Waals surface area contributed by atoms with Crippen LogP contribution in [-0.4, -0.2) is 22.2 Å². The molecule has 0 radical (unpaired) electrons. The van der Waals surface area contributed by atoms with E-state index in [-0.39, 0.29) is 5.41 Å². The largest absolute Gasteiger partial charge is 0.481 e. The molecular formula is C15H24O4. The molecule has 0 aliphatic heterocycles. The molecule has 4 heteroatoms. The third kappa shape index (κ3) is 3.17. The van der Waals surface area contributed by atoms with Crippen LogP contribution in [0, 0.1) is 22.7 Å². The van der Waals surface area contributed by atoms with Crippen LogP contribution in [0.5, 0.6) is 0 Å². The summed E-state index contributed by atoms with van der Waals surface area (Å²) < 4.78 is 0. The van der Waals surface area contributed by atoms with E-state index >= 15 is 0 Å². The van der Waals surface area contributed by atoms with Crippen LogP contribution in [-0.2, 0) is 9.59 Å². The molecule has 0 saturated heterocycles. The molecule has 2 bridgehead atoms. The Morgan fingerprint density at radius 3 is 1.95 bits per heavy atom. The van der Waals surface area contributed by atoms with Gasteiger partial charge < -0.3 is 10.2 Å². The summed E-state index contributed by atoms with van der Waals surface area (Å²) in [5.41, 5.74) is 0.310. The SMILES string of the molecule is CC(C)(C)C(=O)O.CC1(C)C2CC=C(C(=O)O)C1C2. The molecule has 1 fully saturated rings. The zero-order valence-electron chi connectivity index (χ0n) is 12.4. The number of carboxylic acids is 2. The first-order chi connectivity index (χ1) is 8.48. The first-order valence-corrected chi connectivity index (χ1v) is 6.64. The van der Waals surface area contributed by atoms with E-state index < -0.39 is 17.4 Å². The van der Waals surface area contributed by atoms with Gasteiger partial charge in [0.1, 0.15) is 0 Å². The maximum absolute atomic E-state index is 10.8. The molecule has 1 saturated carbocycles. The summed E-state index contributed by atoms with van der Waals surface area (Å²) in [6.07, 6.45) is 3.96. The van der Waals surface area contributed by atoms with Gasteiger partial charge in [0, 0.05) is 5.57 Å². The summed E-state index contributed by atoms with van der Waals surface area (Å²) in [6.45, 7) is 9.35. The second-order valence-electron chi connectivity index (χ2n) is 7.06. The molecule has 0 aromatic rings. The average Bonchev–Trinajstić information content (AvgIpc) is 2.28. The number of carbonyl (C=O) groups is 2. The standard InChI is InChI=1S/C10H14O2.C5H10O2/c1-10(2)6-3-4-7(9(11)12)8(10)5-6;1-5(2,3)4(6)7/h4,6,8H,3,5H2,1-2H3,(H,11,12);1-3H3,(H,6,7). The highest BCUT2D eigenvalue weighted by molar-refractivity contribution is 5.88. The van der Waals surface area contributed by atoms with Gasteiger partial charge in [0.15, 0.2) is 0 Å². The van der Waals surface area contributed by atoms with Crippen molar-refractivity contribution in [2.45, 2.75) is 47.5 Å². The van der Waals surface area contributed by atoms with Gasteiger partial charge >= 0.3 is 11.9 Å². The van der Waals surface area contributed by atoms with Crippen molar-refractivity contribution >= 4 is 11.9 Å². The number of fused-ring (bicyclic) bond motifs is 1. The van der Waals surface area contributed by atoms with Crippen molar-refractivity contribution in [2.75, 3.05) is 0 Å². The zero-order chi connectivity index (χ0) is 15.0. The van der Waals surface area contributed by atoms with Gasteiger partial charge in [-0.2, -0.15) is 0 Å². The Morgan fingerprint density at radius 2 is 1.74 bits per heavy atom. The topological polar surface area (TPSA) is 74.6 Å². The fourth-order valence-electron chi connectivity index (χ4n) is 2.59. The van der Waals surface area contributed by atoms with Gasteiger partial charge in [-0.1, -0.05) is 19.9 Å². The van der Waals surface area contributed by atoms with Gasteiger partial charge in [-0.05, 0) is 50.9 Å². The number of allylic oxidation sites excluding steroid dienone is 1. The smallest absolute Gasteiger partial charge is 0.331 e. The molecule has 3 aliphatic carbocycles. The molecule has 0 heterocycles. The minimum absolute atomic E-state index is 0.239. The molecule has 0 amide bonds. The first kappa shape index (κ1) is 15.7. The lowest BCUT2D eigenvalue weighted by molar-refractivity contribution is -0.145. The van der Waals surface area contributed by atoms with E-state index in [1.165, 1.54) is 0 Å². The van der Waals surface area contributed by atoms with Gasteiger partial charge in [-0.15, -0.1) is 0 Å². The van der Waals surface area contributed by atoms with E-state index in [1.807, 2.05) is 6.08 Å². The molecule has 19 heavy (non-hydrogen) atoms. The van der Waals surface area contributed by atoms with Crippen molar-refractivity contribution in [1.82, 2.24) is 0 Å². The minimum Gasteiger partial charge on any atom is -0.481 e. The van der Waals surface area contributed by atoms with E-state index in [9.17, 15) is 9.59 Å². The fraction of sp³-hybridized carbons (Fsp3) is 0.733. The van der Waals surface area contributed by atoms with Crippen LogP contribution in [0.3, 0.4) is 0 Å². The maximum atomic E-state index is 10.8. The van der Waals surface area contributed by atoms with Gasteiger partial charge in [0.25, 0.3) is 0 Å². The van der Waals surface area contributed by atoms with Crippen molar-refractivity contribution in [3.05, 3.63) is 11.6 Å². The maximum Gasteiger partial charge on any atom is 0.331 e. The summed E-state index contributed by atoms with van der Waals surface area (Å²) in [5, 5.41) is 17.1. The number of aliphatic carboxylic acids is 2. The molecule has 0 aromatic heterocycles. The molecule has 3 aliphatic rings. The lowest BCUT2D eigenvalue weighted by Crippen LogP contribution is -2.49. The predicted molar refractivity (Wildman–Crippen MR) is 72.8 cm³/mol. The highest BCUT2D eigenvalue weighted by Crippen LogP contribution is 2.59. The van der Waals surface area contributed by atoms with Crippen LogP contribution in [0.1, 0.15) is 47.5 Å². The van der Waals surface area contributed by atoms with Crippen LogP contribution in [0.2, 0.25) is 0 Å². The Morgan fingerprint density at radius 1 is 1.26 bits per heavy atom. The Balaban J connectivity index is 0.000000224. The van der Waals surface area contributed by atoms with Crippen LogP contribution >= 0.6 is 0 Å². The van der Waals surface area contributed by atoms with Crippen molar-refractivity contribution in [3.63, 3.8) is 0 Å². The Labute approximate surface area is 114 Å². The van der Waals surface area contributed by atoms with E-state index in [4.69, 9.17) is 10.2 Å². The van der Waals surface area contributed by atoms with E-state index in [1.54, 1.807) is 20.8 Å². The number of hydrogen-bond acceptors (Lipinski definition) is 2. The van der Waals surface area contributed by atoms with Crippen molar-refractivity contribution in [1.29, 1.82) is 0 Å². The molecule has 3 rings (SSSR count). The molecule has 2 N–H and O–H groups in total. The van der Waals surface area contributed by atoms with Crippen molar-refractivity contribution in [2.24, 2.45) is 22.7 Å². The Hall–Kier alpha value is -1.32. The summed E-state index contributed by atoms with van der Waals surface area (Å²) in [4.78, 5) is 20.8. The van der Waals surface area contributed by atoms with Gasteiger partial charge in [-0.3, -0.25) is 4.79 Å². The first-order valence-electron chi connectivity index (χ1n) is 6.64. The normalized spacial score (nSPS) is 27.3. The predicted octanol–water partition coefficient (Wildman–Crippen LogP) is 3.18. The van der Waals surface area contributed by atoms with Gasteiger partial charge in [-0.25, -0.2) is 4.79 Å². The van der Waals surface area contributed by atoms with Crippen molar-refractivity contribution in [3.8, 4) is 0 Å². The van der Waals surface area contributed by atoms with Crippen LogP contribution in [0.15, 0.2) is 11.6 Å². The third-order valence-corrected chi connectivity index (χ3v) is 4.36.